The Labute approximate surface area is 160 Å². The smallest absolute Gasteiger partial charge is 0.243 e. The summed E-state index contributed by atoms with van der Waals surface area (Å²) >= 11 is 0. The topological polar surface area (TPSA) is 61.9 Å². The van der Waals surface area contributed by atoms with Crippen LogP contribution in [0.15, 0.2) is 54.6 Å². The van der Waals surface area contributed by atoms with Gasteiger partial charge in [0.1, 0.15) is 5.75 Å². The fraction of sp³-hybridized carbons (Fsp3) is 0.333. The van der Waals surface area contributed by atoms with Crippen molar-refractivity contribution in [3.8, 4) is 5.75 Å². The zero-order chi connectivity index (χ0) is 19.6. The van der Waals surface area contributed by atoms with Crippen LogP contribution in [0.5, 0.6) is 5.75 Å². The molecule has 0 radical (unpaired) electrons. The number of nitrogens with zero attached hydrogens (tertiary/aromatic N) is 2. The van der Waals surface area contributed by atoms with E-state index >= 15 is 0 Å². The molecule has 6 nitrogen and oxygen atoms in total. The second-order valence-corrected chi connectivity index (χ2v) is 6.32. The largest absolute Gasteiger partial charge is 0.497 e. The first kappa shape index (κ1) is 20.5. The van der Waals surface area contributed by atoms with Crippen molar-refractivity contribution in [3.05, 3.63) is 60.2 Å². The van der Waals surface area contributed by atoms with Crippen LogP contribution in [0.2, 0.25) is 0 Å². The molecule has 0 saturated carbocycles. The van der Waals surface area contributed by atoms with Crippen LogP contribution in [0.4, 0.5) is 5.69 Å². The molecule has 0 heterocycles. The summed E-state index contributed by atoms with van der Waals surface area (Å²) in [6, 6.07) is 17.1. The second-order valence-electron chi connectivity index (χ2n) is 6.32. The van der Waals surface area contributed by atoms with Crippen molar-refractivity contribution in [1.29, 1.82) is 0 Å². The molecule has 0 spiro atoms. The maximum absolute atomic E-state index is 12.5. The van der Waals surface area contributed by atoms with E-state index in [1.165, 1.54) is 4.90 Å². The third kappa shape index (κ3) is 6.75. The minimum atomic E-state index is -0.245. The molecule has 2 aromatic rings. The summed E-state index contributed by atoms with van der Waals surface area (Å²) < 4.78 is 5.14. The highest BCUT2D eigenvalue weighted by molar-refractivity contribution is 5.94. The Kier molecular flexibility index (Phi) is 7.82. The Balaban J connectivity index is 1.85. The van der Waals surface area contributed by atoms with Gasteiger partial charge in [-0.2, -0.15) is 0 Å². The lowest BCUT2D eigenvalue weighted by Crippen LogP contribution is -2.41. The highest BCUT2D eigenvalue weighted by Crippen LogP contribution is 2.16. The van der Waals surface area contributed by atoms with E-state index in [0.29, 0.717) is 18.0 Å². The predicted molar refractivity (Wildman–Crippen MR) is 107 cm³/mol. The molecule has 27 heavy (non-hydrogen) atoms. The van der Waals surface area contributed by atoms with Crippen LogP contribution >= 0.6 is 0 Å². The number of methoxy groups -OCH3 is 1. The number of anilines is 1. The van der Waals surface area contributed by atoms with Gasteiger partial charge in [-0.1, -0.05) is 43.3 Å². The van der Waals surface area contributed by atoms with Gasteiger partial charge in [0, 0.05) is 25.3 Å². The maximum Gasteiger partial charge on any atom is 0.243 e. The van der Waals surface area contributed by atoms with Crippen molar-refractivity contribution < 1.29 is 14.3 Å². The van der Waals surface area contributed by atoms with Crippen LogP contribution < -0.4 is 10.1 Å². The highest BCUT2D eigenvalue weighted by atomic mass is 16.5. The van der Waals surface area contributed by atoms with Gasteiger partial charge in [0.25, 0.3) is 0 Å². The number of hydrogen-bond donors (Lipinski definition) is 1. The normalized spacial score (nSPS) is 10.5. The van der Waals surface area contributed by atoms with Gasteiger partial charge in [0.2, 0.25) is 11.8 Å². The second kappa shape index (κ2) is 10.3. The van der Waals surface area contributed by atoms with Crippen molar-refractivity contribution in [2.45, 2.75) is 13.5 Å². The first-order valence-corrected chi connectivity index (χ1v) is 8.96. The molecule has 1 N–H and O–H groups in total. The Bertz CT molecular complexity index is 749. The summed E-state index contributed by atoms with van der Waals surface area (Å²) in [7, 11) is 3.21. The molecule has 0 fully saturated rings. The summed E-state index contributed by atoms with van der Waals surface area (Å²) in [6.45, 7) is 3.75. The number of benzene rings is 2. The van der Waals surface area contributed by atoms with Gasteiger partial charge in [0.05, 0.1) is 20.2 Å². The van der Waals surface area contributed by atoms with Crippen molar-refractivity contribution in [2.75, 3.05) is 39.1 Å². The number of hydrogen-bond acceptors (Lipinski definition) is 4. The molecule has 0 aliphatic heterocycles. The molecular weight excluding hydrogens is 342 g/mol. The fourth-order valence-electron chi connectivity index (χ4n) is 2.64. The summed E-state index contributed by atoms with van der Waals surface area (Å²) in [4.78, 5) is 28.2. The monoisotopic (exact) mass is 369 g/mol. The Morgan fingerprint density at radius 3 is 2.44 bits per heavy atom. The van der Waals surface area contributed by atoms with Crippen molar-refractivity contribution in [2.24, 2.45) is 0 Å². The van der Waals surface area contributed by atoms with E-state index in [9.17, 15) is 9.59 Å². The van der Waals surface area contributed by atoms with E-state index in [1.54, 1.807) is 38.4 Å². The lowest BCUT2D eigenvalue weighted by molar-refractivity contribution is -0.134. The van der Waals surface area contributed by atoms with E-state index in [2.05, 4.69) is 5.32 Å². The van der Waals surface area contributed by atoms with E-state index in [-0.39, 0.29) is 24.9 Å². The van der Waals surface area contributed by atoms with Gasteiger partial charge in [-0.25, -0.2) is 0 Å². The van der Waals surface area contributed by atoms with E-state index in [1.807, 2.05) is 42.2 Å². The highest BCUT2D eigenvalue weighted by Gasteiger charge is 2.16. The molecule has 0 unspecified atom stereocenters. The van der Waals surface area contributed by atoms with Crippen LogP contribution in [-0.4, -0.2) is 55.4 Å². The lowest BCUT2D eigenvalue weighted by Gasteiger charge is -2.24. The number of amides is 2. The van der Waals surface area contributed by atoms with Gasteiger partial charge in [-0.15, -0.1) is 0 Å². The average molecular weight is 369 g/mol. The Hall–Kier alpha value is -2.86. The minimum Gasteiger partial charge on any atom is -0.497 e. The van der Waals surface area contributed by atoms with E-state index in [4.69, 9.17) is 4.74 Å². The van der Waals surface area contributed by atoms with Gasteiger partial charge in [-0.3, -0.25) is 14.5 Å². The van der Waals surface area contributed by atoms with Crippen LogP contribution in [0.3, 0.4) is 0 Å². The van der Waals surface area contributed by atoms with Gasteiger partial charge in [0.15, 0.2) is 0 Å². The molecule has 2 amide bonds. The molecule has 0 aliphatic carbocycles. The summed E-state index contributed by atoms with van der Waals surface area (Å²) in [5.41, 5.74) is 1.80. The number of likely N-dealkylation sites (N-methyl/N-ethyl adjacent to an activating group) is 2. The first-order chi connectivity index (χ1) is 13.0. The molecule has 144 valence electrons. The number of carbonyl (C=O) groups is 2. The number of carbonyl (C=O) groups excluding carboxylic acids is 2. The molecule has 6 heteroatoms. The summed E-state index contributed by atoms with van der Waals surface area (Å²) in [5, 5.41) is 2.78. The molecule has 0 bridgehead atoms. The van der Waals surface area contributed by atoms with E-state index in [0.717, 1.165) is 12.1 Å². The molecule has 0 saturated heterocycles. The van der Waals surface area contributed by atoms with Crippen molar-refractivity contribution >= 4 is 17.5 Å². The standard InChI is InChI=1S/C21H27N3O3/c1-4-24(14-17-9-6-5-7-10-17)16-21(26)23(2)15-20(25)22-18-11-8-12-19(13-18)27-3/h5-13H,4,14-16H2,1-3H3,(H,22,25). The SMILES string of the molecule is CCN(CC(=O)N(C)CC(=O)Nc1cccc(OC)c1)Cc1ccccc1. The van der Waals surface area contributed by atoms with E-state index < -0.39 is 0 Å². The first-order valence-electron chi connectivity index (χ1n) is 8.96. The number of ether oxygens (including phenoxy) is 1. The van der Waals surface area contributed by atoms with Gasteiger partial charge in [-0.05, 0) is 24.2 Å². The Morgan fingerprint density at radius 2 is 1.78 bits per heavy atom. The molecule has 2 aromatic carbocycles. The Morgan fingerprint density at radius 1 is 1.04 bits per heavy atom. The third-order valence-electron chi connectivity index (χ3n) is 4.22. The molecule has 0 aliphatic rings. The molecule has 0 atom stereocenters. The molecule has 2 rings (SSSR count). The maximum atomic E-state index is 12.5. The summed E-state index contributed by atoms with van der Waals surface area (Å²) in [5.74, 6) is 0.329. The van der Waals surface area contributed by atoms with Crippen LogP contribution in [0.25, 0.3) is 0 Å². The van der Waals surface area contributed by atoms with Crippen LogP contribution in [0.1, 0.15) is 12.5 Å². The molecular formula is C21H27N3O3. The molecule has 0 aromatic heterocycles. The number of rotatable bonds is 9. The quantitative estimate of drug-likeness (QED) is 0.738. The lowest BCUT2D eigenvalue weighted by atomic mass is 10.2. The van der Waals surface area contributed by atoms with Crippen LogP contribution in [-0.2, 0) is 16.1 Å². The van der Waals surface area contributed by atoms with Crippen molar-refractivity contribution in [3.63, 3.8) is 0 Å². The third-order valence-corrected chi connectivity index (χ3v) is 4.22. The zero-order valence-electron chi connectivity index (χ0n) is 16.1. The average Bonchev–Trinajstić information content (AvgIpc) is 2.68. The van der Waals surface area contributed by atoms with Gasteiger partial charge >= 0.3 is 0 Å². The van der Waals surface area contributed by atoms with Crippen molar-refractivity contribution in [1.82, 2.24) is 9.80 Å². The minimum absolute atomic E-state index is 0.00106. The fourth-order valence-corrected chi connectivity index (χ4v) is 2.64. The van der Waals surface area contributed by atoms with Crippen LogP contribution in [0, 0.1) is 0 Å². The number of nitrogens with one attached hydrogen (secondary N) is 1. The summed E-state index contributed by atoms with van der Waals surface area (Å²) in [6.07, 6.45) is 0. The van der Waals surface area contributed by atoms with Gasteiger partial charge < -0.3 is 15.0 Å². The zero-order valence-corrected chi connectivity index (χ0v) is 16.1. The predicted octanol–water partition coefficient (Wildman–Crippen LogP) is 2.61.